The number of aliphatic carboxylic acids is 1. The molecule has 7 nitrogen and oxygen atoms in total. The molecule has 0 aromatic carbocycles. The second-order valence-electron chi connectivity index (χ2n) is 4.41. The van der Waals surface area contributed by atoms with E-state index in [-0.39, 0.29) is 18.9 Å². The Labute approximate surface area is 122 Å². The van der Waals surface area contributed by atoms with Gasteiger partial charge in [-0.3, -0.25) is 9.59 Å². The number of hydrogen-bond donors (Lipinski definition) is 2. The quantitative estimate of drug-likeness (QED) is 0.682. The predicted octanol–water partition coefficient (Wildman–Crippen LogP) is -0.0962. The standard InChI is InChI=1S/C12H20N2O5S/c1-3-10(15)14-7-20-6-9(14)11(16)13-8(12(17)18)4-5-19-2/h8-9H,3-7H2,1-2H3,(H,13,16)(H,17,18). The zero-order valence-electron chi connectivity index (χ0n) is 11.6. The van der Waals surface area contributed by atoms with Gasteiger partial charge in [0.2, 0.25) is 11.8 Å². The molecule has 1 saturated heterocycles. The Bertz CT molecular complexity index is 377. The highest BCUT2D eigenvalue weighted by atomic mass is 32.2. The lowest BCUT2D eigenvalue weighted by Gasteiger charge is -2.24. The van der Waals surface area contributed by atoms with Crippen LogP contribution in [0.15, 0.2) is 0 Å². The number of amides is 2. The van der Waals surface area contributed by atoms with E-state index in [2.05, 4.69) is 5.32 Å². The van der Waals surface area contributed by atoms with Gasteiger partial charge in [0.15, 0.2) is 0 Å². The van der Waals surface area contributed by atoms with Crippen molar-refractivity contribution in [2.45, 2.75) is 31.8 Å². The zero-order valence-corrected chi connectivity index (χ0v) is 12.4. The van der Waals surface area contributed by atoms with Gasteiger partial charge in [-0.25, -0.2) is 4.79 Å². The summed E-state index contributed by atoms with van der Waals surface area (Å²) >= 11 is 1.49. The monoisotopic (exact) mass is 304 g/mol. The first kappa shape index (κ1) is 16.8. The fraction of sp³-hybridized carbons (Fsp3) is 0.750. The van der Waals surface area contributed by atoms with Gasteiger partial charge in [0.05, 0.1) is 5.88 Å². The Morgan fingerprint density at radius 3 is 2.75 bits per heavy atom. The van der Waals surface area contributed by atoms with Crippen LogP contribution in [-0.2, 0) is 19.1 Å². The highest BCUT2D eigenvalue weighted by Crippen LogP contribution is 2.22. The normalized spacial score (nSPS) is 19.7. The van der Waals surface area contributed by atoms with Crippen LogP contribution in [0.5, 0.6) is 0 Å². The van der Waals surface area contributed by atoms with E-state index in [1.807, 2.05) is 0 Å². The molecule has 0 aromatic rings. The third kappa shape index (κ3) is 4.38. The molecule has 20 heavy (non-hydrogen) atoms. The van der Waals surface area contributed by atoms with Crippen LogP contribution in [0.2, 0.25) is 0 Å². The second kappa shape index (κ2) is 8.11. The lowest BCUT2D eigenvalue weighted by atomic mass is 10.2. The molecule has 0 bridgehead atoms. The number of rotatable bonds is 7. The number of nitrogens with one attached hydrogen (secondary N) is 1. The molecule has 1 fully saturated rings. The molecular formula is C12H20N2O5S. The predicted molar refractivity (Wildman–Crippen MR) is 74.3 cm³/mol. The van der Waals surface area contributed by atoms with E-state index >= 15 is 0 Å². The molecule has 1 aliphatic rings. The van der Waals surface area contributed by atoms with Crippen LogP contribution in [0, 0.1) is 0 Å². The average Bonchev–Trinajstić information content (AvgIpc) is 2.91. The first-order valence-electron chi connectivity index (χ1n) is 6.40. The van der Waals surface area contributed by atoms with E-state index in [4.69, 9.17) is 9.84 Å². The van der Waals surface area contributed by atoms with Gasteiger partial charge in [-0.1, -0.05) is 6.92 Å². The van der Waals surface area contributed by atoms with E-state index < -0.39 is 24.0 Å². The van der Waals surface area contributed by atoms with Gasteiger partial charge in [0.1, 0.15) is 12.1 Å². The second-order valence-corrected chi connectivity index (χ2v) is 5.41. The van der Waals surface area contributed by atoms with Crippen molar-refractivity contribution in [3.05, 3.63) is 0 Å². The lowest BCUT2D eigenvalue weighted by Crippen LogP contribution is -2.52. The summed E-state index contributed by atoms with van der Waals surface area (Å²) in [5.74, 6) is -0.650. The zero-order chi connectivity index (χ0) is 15.1. The molecule has 0 aromatic heterocycles. The van der Waals surface area contributed by atoms with E-state index in [9.17, 15) is 14.4 Å². The van der Waals surface area contributed by atoms with E-state index in [1.165, 1.54) is 23.8 Å². The molecule has 2 amide bonds. The first-order valence-corrected chi connectivity index (χ1v) is 7.56. The van der Waals surface area contributed by atoms with Gasteiger partial charge < -0.3 is 20.1 Å². The summed E-state index contributed by atoms with van der Waals surface area (Å²) in [6.07, 6.45) is 0.523. The summed E-state index contributed by atoms with van der Waals surface area (Å²) in [6, 6.07) is -1.58. The summed E-state index contributed by atoms with van der Waals surface area (Å²) < 4.78 is 4.82. The van der Waals surface area contributed by atoms with Crippen LogP contribution in [0.25, 0.3) is 0 Å². The van der Waals surface area contributed by atoms with Crippen molar-refractivity contribution >= 4 is 29.5 Å². The molecule has 0 aliphatic carbocycles. The van der Waals surface area contributed by atoms with Gasteiger partial charge in [0, 0.05) is 32.3 Å². The number of ether oxygens (including phenoxy) is 1. The van der Waals surface area contributed by atoms with Gasteiger partial charge in [-0.15, -0.1) is 11.8 Å². The van der Waals surface area contributed by atoms with E-state index in [0.717, 1.165) is 0 Å². The highest BCUT2D eigenvalue weighted by molar-refractivity contribution is 7.99. The van der Waals surface area contributed by atoms with Crippen LogP contribution in [0.1, 0.15) is 19.8 Å². The lowest BCUT2D eigenvalue weighted by molar-refractivity contribution is -0.144. The van der Waals surface area contributed by atoms with Crippen molar-refractivity contribution in [1.82, 2.24) is 10.2 Å². The molecule has 1 rings (SSSR count). The molecule has 1 heterocycles. The minimum Gasteiger partial charge on any atom is -0.480 e. The highest BCUT2D eigenvalue weighted by Gasteiger charge is 2.35. The molecule has 2 unspecified atom stereocenters. The van der Waals surface area contributed by atoms with Crippen molar-refractivity contribution in [2.24, 2.45) is 0 Å². The number of hydrogen-bond acceptors (Lipinski definition) is 5. The van der Waals surface area contributed by atoms with Crippen molar-refractivity contribution < 1.29 is 24.2 Å². The summed E-state index contributed by atoms with van der Waals surface area (Å²) in [6.45, 7) is 1.98. The molecule has 1 aliphatic heterocycles. The molecule has 0 radical (unpaired) electrons. The number of thioether (sulfide) groups is 1. The van der Waals surface area contributed by atoms with Gasteiger partial charge in [0.25, 0.3) is 0 Å². The third-order valence-electron chi connectivity index (χ3n) is 3.03. The van der Waals surface area contributed by atoms with Crippen molar-refractivity contribution in [3.8, 4) is 0 Å². The number of carboxylic acids is 1. The Hall–Kier alpha value is -1.28. The maximum absolute atomic E-state index is 12.1. The topological polar surface area (TPSA) is 95.9 Å². The number of methoxy groups -OCH3 is 1. The van der Waals surface area contributed by atoms with Crippen LogP contribution in [0.4, 0.5) is 0 Å². The molecule has 0 saturated carbocycles. The average molecular weight is 304 g/mol. The minimum absolute atomic E-state index is 0.0982. The van der Waals surface area contributed by atoms with Crippen LogP contribution < -0.4 is 5.32 Å². The Kier molecular flexibility index (Phi) is 6.80. The third-order valence-corrected chi connectivity index (χ3v) is 4.05. The Balaban J connectivity index is 2.63. The van der Waals surface area contributed by atoms with Crippen LogP contribution in [-0.4, -0.2) is 65.2 Å². The van der Waals surface area contributed by atoms with Crippen molar-refractivity contribution in [1.29, 1.82) is 0 Å². The largest absolute Gasteiger partial charge is 0.480 e. The van der Waals surface area contributed by atoms with Crippen molar-refractivity contribution in [2.75, 3.05) is 25.3 Å². The Morgan fingerprint density at radius 1 is 1.50 bits per heavy atom. The number of carbonyl (C=O) groups excluding carboxylic acids is 2. The fourth-order valence-corrected chi connectivity index (χ4v) is 3.05. The molecule has 114 valence electrons. The molecule has 0 spiro atoms. The van der Waals surface area contributed by atoms with Gasteiger partial charge >= 0.3 is 5.97 Å². The summed E-state index contributed by atoms with van der Waals surface area (Å²) in [4.78, 5) is 36.4. The summed E-state index contributed by atoms with van der Waals surface area (Å²) in [5.41, 5.74) is 0. The van der Waals surface area contributed by atoms with E-state index in [1.54, 1.807) is 6.92 Å². The number of carboxylic acid groups (broad SMARTS) is 1. The first-order chi connectivity index (χ1) is 9.51. The van der Waals surface area contributed by atoms with E-state index in [0.29, 0.717) is 18.1 Å². The number of nitrogens with zero attached hydrogens (tertiary/aromatic N) is 1. The van der Waals surface area contributed by atoms with Gasteiger partial charge in [-0.2, -0.15) is 0 Å². The molecular weight excluding hydrogens is 284 g/mol. The molecule has 2 atom stereocenters. The smallest absolute Gasteiger partial charge is 0.326 e. The van der Waals surface area contributed by atoms with Crippen LogP contribution in [0.3, 0.4) is 0 Å². The van der Waals surface area contributed by atoms with Crippen LogP contribution >= 0.6 is 11.8 Å². The number of carbonyl (C=O) groups is 3. The summed E-state index contributed by atoms with van der Waals surface area (Å²) in [5, 5.41) is 11.5. The maximum Gasteiger partial charge on any atom is 0.326 e. The molecule has 2 N–H and O–H groups in total. The Morgan fingerprint density at radius 2 is 2.20 bits per heavy atom. The van der Waals surface area contributed by atoms with Gasteiger partial charge in [-0.05, 0) is 0 Å². The minimum atomic E-state index is -1.10. The fourth-order valence-electron chi connectivity index (χ4n) is 1.87. The summed E-state index contributed by atoms with van der Waals surface area (Å²) in [7, 11) is 1.47. The molecule has 8 heteroatoms. The maximum atomic E-state index is 12.1. The van der Waals surface area contributed by atoms with Crippen molar-refractivity contribution in [3.63, 3.8) is 0 Å². The SMILES string of the molecule is CCC(=O)N1CSCC1C(=O)NC(CCOC)C(=O)O.